The van der Waals surface area contributed by atoms with Crippen molar-refractivity contribution in [3.8, 4) is 0 Å². The largest absolute Gasteiger partial charge is 0.352 e. The lowest BCUT2D eigenvalue weighted by molar-refractivity contribution is -0.121. The molecule has 1 aliphatic rings. The highest BCUT2D eigenvalue weighted by Crippen LogP contribution is 2.14. The summed E-state index contributed by atoms with van der Waals surface area (Å²) in [6, 6.07) is 15.1. The molecule has 1 N–H and O–H groups in total. The molecule has 3 rings (SSSR count). The van der Waals surface area contributed by atoms with Crippen molar-refractivity contribution in [2.24, 2.45) is 0 Å². The van der Waals surface area contributed by atoms with Crippen molar-refractivity contribution in [1.29, 1.82) is 0 Å². The highest BCUT2D eigenvalue weighted by molar-refractivity contribution is 6.30. The fraction of sp³-hybridized carbons (Fsp3) is 0.364. The molecule has 0 aliphatic carbocycles. The molecule has 1 amide bonds. The van der Waals surface area contributed by atoms with Crippen molar-refractivity contribution in [2.45, 2.75) is 38.8 Å². The lowest BCUT2D eigenvalue weighted by Crippen LogP contribution is -2.23. The SMILES string of the molecule is O=C(CCC(=O)c1ccc(Cl)cc1)NCc1ccc(CN2CCCC2)cc1. The lowest BCUT2D eigenvalue weighted by atomic mass is 10.1. The molecule has 0 aromatic heterocycles. The second-order valence-corrected chi connectivity index (χ2v) is 7.44. The van der Waals surface area contributed by atoms with Crippen molar-refractivity contribution >= 4 is 23.3 Å². The van der Waals surface area contributed by atoms with Gasteiger partial charge in [0.2, 0.25) is 5.91 Å². The van der Waals surface area contributed by atoms with Gasteiger partial charge in [0.15, 0.2) is 5.78 Å². The Morgan fingerprint density at radius 2 is 1.52 bits per heavy atom. The molecule has 0 bridgehead atoms. The molecule has 0 unspecified atom stereocenters. The van der Waals surface area contributed by atoms with Crippen LogP contribution in [0.1, 0.15) is 47.2 Å². The summed E-state index contributed by atoms with van der Waals surface area (Å²) in [6.45, 7) is 3.86. The minimum Gasteiger partial charge on any atom is -0.352 e. The number of halogens is 1. The van der Waals surface area contributed by atoms with Gasteiger partial charge in [-0.25, -0.2) is 0 Å². The third kappa shape index (κ3) is 6.19. The fourth-order valence-corrected chi connectivity index (χ4v) is 3.38. The van der Waals surface area contributed by atoms with E-state index in [1.807, 2.05) is 0 Å². The first-order valence-corrected chi connectivity index (χ1v) is 9.83. The Labute approximate surface area is 165 Å². The van der Waals surface area contributed by atoms with E-state index in [0.29, 0.717) is 17.1 Å². The third-order valence-electron chi connectivity index (χ3n) is 4.86. The maximum absolute atomic E-state index is 12.1. The van der Waals surface area contributed by atoms with Crippen LogP contribution in [0.15, 0.2) is 48.5 Å². The van der Waals surface area contributed by atoms with Crippen LogP contribution < -0.4 is 5.32 Å². The van der Waals surface area contributed by atoms with E-state index in [2.05, 4.69) is 34.5 Å². The van der Waals surface area contributed by atoms with E-state index in [1.54, 1.807) is 24.3 Å². The van der Waals surface area contributed by atoms with Gasteiger partial charge in [-0.3, -0.25) is 14.5 Å². The molecule has 1 aliphatic heterocycles. The molecule has 0 atom stereocenters. The molecule has 1 fully saturated rings. The zero-order chi connectivity index (χ0) is 19.1. The molecule has 0 radical (unpaired) electrons. The fourth-order valence-electron chi connectivity index (χ4n) is 3.26. The van der Waals surface area contributed by atoms with Crippen LogP contribution in [0.3, 0.4) is 0 Å². The molecule has 0 saturated carbocycles. The average molecular weight is 385 g/mol. The summed E-state index contributed by atoms with van der Waals surface area (Å²) in [4.78, 5) is 26.6. The zero-order valence-corrected chi connectivity index (χ0v) is 16.2. The Morgan fingerprint density at radius 1 is 0.889 bits per heavy atom. The van der Waals surface area contributed by atoms with Gasteiger partial charge in [-0.05, 0) is 61.3 Å². The summed E-state index contributed by atoms with van der Waals surface area (Å²) < 4.78 is 0. The van der Waals surface area contributed by atoms with Gasteiger partial charge in [-0.1, -0.05) is 35.9 Å². The Kier molecular flexibility index (Phi) is 7.02. The third-order valence-corrected chi connectivity index (χ3v) is 5.11. The Hall–Kier alpha value is -2.17. The summed E-state index contributed by atoms with van der Waals surface area (Å²) in [5.74, 6) is -0.161. The monoisotopic (exact) mass is 384 g/mol. The van der Waals surface area contributed by atoms with Crippen LogP contribution in [-0.4, -0.2) is 29.7 Å². The number of nitrogens with zero attached hydrogens (tertiary/aromatic N) is 1. The number of Topliss-reactive ketones (excluding diaryl/α,β-unsaturated/α-hetero) is 1. The second-order valence-electron chi connectivity index (χ2n) is 7.01. The van der Waals surface area contributed by atoms with Crippen molar-refractivity contribution in [1.82, 2.24) is 10.2 Å². The number of hydrogen-bond donors (Lipinski definition) is 1. The van der Waals surface area contributed by atoms with Gasteiger partial charge in [0.05, 0.1) is 0 Å². The topological polar surface area (TPSA) is 49.4 Å². The summed E-state index contributed by atoms with van der Waals surface area (Å²) in [5.41, 5.74) is 2.96. The lowest BCUT2D eigenvalue weighted by Gasteiger charge is -2.14. The molecule has 5 heteroatoms. The normalized spacial score (nSPS) is 14.3. The van der Waals surface area contributed by atoms with Gasteiger partial charge in [-0.2, -0.15) is 0 Å². The molecule has 4 nitrogen and oxygen atoms in total. The molecule has 2 aromatic rings. The number of benzene rings is 2. The first-order chi connectivity index (χ1) is 13.1. The molecule has 1 heterocycles. The first-order valence-electron chi connectivity index (χ1n) is 9.46. The quantitative estimate of drug-likeness (QED) is 0.693. The number of carbonyl (C=O) groups excluding carboxylic acids is 2. The summed E-state index contributed by atoms with van der Waals surface area (Å²) in [6.07, 6.45) is 2.98. The van der Waals surface area contributed by atoms with Crippen LogP contribution in [0.2, 0.25) is 5.02 Å². The number of hydrogen-bond acceptors (Lipinski definition) is 3. The number of ketones is 1. The number of nitrogens with one attached hydrogen (secondary N) is 1. The zero-order valence-electron chi connectivity index (χ0n) is 15.4. The van der Waals surface area contributed by atoms with E-state index in [0.717, 1.165) is 12.1 Å². The van der Waals surface area contributed by atoms with Gasteiger partial charge < -0.3 is 5.32 Å². The van der Waals surface area contributed by atoms with Crippen molar-refractivity contribution in [2.75, 3.05) is 13.1 Å². The maximum atomic E-state index is 12.1. The van der Waals surface area contributed by atoms with Gasteiger partial charge in [0.1, 0.15) is 0 Å². The molecule has 142 valence electrons. The van der Waals surface area contributed by atoms with Crippen molar-refractivity contribution in [3.05, 3.63) is 70.2 Å². The minimum absolute atomic E-state index is 0.0481. The van der Waals surface area contributed by atoms with E-state index >= 15 is 0 Å². The van der Waals surface area contributed by atoms with E-state index in [-0.39, 0.29) is 24.5 Å². The van der Waals surface area contributed by atoms with Crippen LogP contribution in [0.4, 0.5) is 0 Å². The van der Waals surface area contributed by atoms with Crippen molar-refractivity contribution in [3.63, 3.8) is 0 Å². The van der Waals surface area contributed by atoms with Gasteiger partial charge in [-0.15, -0.1) is 0 Å². The van der Waals surface area contributed by atoms with Crippen LogP contribution in [0.5, 0.6) is 0 Å². The van der Waals surface area contributed by atoms with E-state index in [9.17, 15) is 9.59 Å². The predicted octanol–water partition coefficient (Wildman–Crippen LogP) is 4.22. The van der Waals surface area contributed by atoms with Crippen LogP contribution in [0.25, 0.3) is 0 Å². The molecule has 1 saturated heterocycles. The van der Waals surface area contributed by atoms with Crippen LogP contribution in [-0.2, 0) is 17.9 Å². The van der Waals surface area contributed by atoms with Gasteiger partial charge >= 0.3 is 0 Å². The number of rotatable bonds is 8. The second kappa shape index (κ2) is 9.67. The predicted molar refractivity (Wildman–Crippen MR) is 108 cm³/mol. The van der Waals surface area contributed by atoms with Gasteiger partial charge in [0.25, 0.3) is 0 Å². The maximum Gasteiger partial charge on any atom is 0.220 e. The summed E-state index contributed by atoms with van der Waals surface area (Å²) in [7, 11) is 0. The summed E-state index contributed by atoms with van der Waals surface area (Å²) in [5, 5.41) is 3.48. The van der Waals surface area contributed by atoms with E-state index in [4.69, 9.17) is 11.6 Å². The molecular weight excluding hydrogens is 360 g/mol. The molecule has 2 aromatic carbocycles. The van der Waals surface area contributed by atoms with Gasteiger partial charge in [0, 0.05) is 36.5 Å². The summed E-state index contributed by atoms with van der Waals surface area (Å²) >= 11 is 5.82. The number of likely N-dealkylation sites (tertiary alicyclic amines) is 1. The first kappa shape index (κ1) is 19.6. The van der Waals surface area contributed by atoms with E-state index < -0.39 is 0 Å². The Balaban J connectivity index is 1.39. The average Bonchev–Trinajstić information content (AvgIpc) is 3.19. The van der Waals surface area contributed by atoms with Crippen molar-refractivity contribution < 1.29 is 9.59 Å². The van der Waals surface area contributed by atoms with E-state index in [1.165, 1.54) is 31.5 Å². The highest BCUT2D eigenvalue weighted by Gasteiger charge is 2.12. The molecular formula is C22H25ClN2O2. The number of amides is 1. The minimum atomic E-state index is -0.113. The van der Waals surface area contributed by atoms with Crippen LogP contribution >= 0.6 is 11.6 Å². The standard InChI is InChI=1S/C22H25ClN2O2/c23-20-9-7-19(8-10-20)21(26)11-12-22(27)24-15-17-3-5-18(6-4-17)16-25-13-1-2-14-25/h3-10H,1-2,11-16H2,(H,24,27). The smallest absolute Gasteiger partial charge is 0.220 e. The molecule has 27 heavy (non-hydrogen) atoms. The number of carbonyl (C=O) groups is 2. The highest BCUT2D eigenvalue weighted by atomic mass is 35.5. The Bertz CT molecular complexity index is 766. The molecule has 0 spiro atoms. The van der Waals surface area contributed by atoms with Crippen LogP contribution in [0, 0.1) is 0 Å². The Morgan fingerprint density at radius 3 is 2.19 bits per heavy atom.